The number of hydrogen-bond donors (Lipinski definition) is 0. The Morgan fingerprint density at radius 2 is 1.63 bits per heavy atom. The highest BCUT2D eigenvalue weighted by Gasteiger charge is 2.49. The van der Waals surface area contributed by atoms with E-state index in [1.165, 1.54) is 12.1 Å². The van der Waals surface area contributed by atoms with Crippen LogP contribution in [0.2, 0.25) is 5.02 Å². The fraction of sp³-hybridized carbons (Fsp3) is 0.316. The summed E-state index contributed by atoms with van der Waals surface area (Å²) in [4.78, 5) is 16.4. The first-order valence-electron chi connectivity index (χ1n) is 8.59. The minimum atomic E-state index is -3.25. The van der Waals surface area contributed by atoms with Crippen LogP contribution < -0.4 is 4.90 Å². The van der Waals surface area contributed by atoms with Crippen molar-refractivity contribution >= 4 is 33.0 Å². The summed E-state index contributed by atoms with van der Waals surface area (Å²) in [5.41, 5.74) is 1.49. The quantitative estimate of drug-likeness (QED) is 0.783. The molecule has 2 atom stereocenters. The summed E-state index contributed by atoms with van der Waals surface area (Å²) >= 11 is 5.93. The molecular weight excluding hydrogens is 391 g/mol. The molecule has 0 spiro atoms. The average molecular weight is 409 g/mol. The first kappa shape index (κ1) is 18.4. The summed E-state index contributed by atoms with van der Waals surface area (Å²) in [7, 11) is -3.25. The first-order valence-corrected chi connectivity index (χ1v) is 10.8. The molecule has 142 valence electrons. The number of amides is 1. The Morgan fingerprint density at radius 1 is 1.00 bits per heavy atom. The molecule has 0 unspecified atom stereocenters. The predicted molar refractivity (Wildman–Crippen MR) is 102 cm³/mol. The van der Waals surface area contributed by atoms with E-state index in [9.17, 15) is 17.6 Å². The fourth-order valence-electron chi connectivity index (χ4n) is 3.89. The molecule has 0 N–H and O–H groups in total. The van der Waals surface area contributed by atoms with E-state index in [-0.39, 0.29) is 35.8 Å². The second kappa shape index (κ2) is 6.89. The number of nitrogens with zero attached hydrogens (tertiary/aromatic N) is 2. The van der Waals surface area contributed by atoms with Crippen molar-refractivity contribution < 1.29 is 17.6 Å². The summed E-state index contributed by atoms with van der Waals surface area (Å²) in [6.45, 7) is 0.508. The molecule has 0 radical (unpaired) electrons. The Labute approximate surface area is 162 Å². The van der Waals surface area contributed by atoms with Crippen LogP contribution in [-0.2, 0) is 21.2 Å². The van der Waals surface area contributed by atoms with Gasteiger partial charge in [-0.1, -0.05) is 23.7 Å². The van der Waals surface area contributed by atoms with Crippen molar-refractivity contribution in [3.63, 3.8) is 0 Å². The van der Waals surface area contributed by atoms with Gasteiger partial charge in [0.15, 0.2) is 9.84 Å². The van der Waals surface area contributed by atoms with Gasteiger partial charge in [0, 0.05) is 23.3 Å². The largest absolute Gasteiger partial charge is 0.306 e. The number of piperazine rings is 1. The van der Waals surface area contributed by atoms with E-state index in [1.807, 2.05) is 4.90 Å². The molecule has 2 saturated heterocycles. The van der Waals surface area contributed by atoms with Gasteiger partial charge < -0.3 is 4.90 Å². The van der Waals surface area contributed by atoms with Crippen LogP contribution in [0, 0.1) is 5.82 Å². The number of carbonyl (C=O) groups is 1. The molecule has 2 heterocycles. The number of rotatable bonds is 3. The van der Waals surface area contributed by atoms with E-state index in [0.717, 1.165) is 5.56 Å². The van der Waals surface area contributed by atoms with Crippen molar-refractivity contribution in [2.45, 2.75) is 18.6 Å². The third-order valence-electron chi connectivity index (χ3n) is 5.10. The highest BCUT2D eigenvalue weighted by molar-refractivity contribution is 7.91. The van der Waals surface area contributed by atoms with Gasteiger partial charge >= 0.3 is 0 Å². The minimum Gasteiger partial charge on any atom is -0.306 e. The van der Waals surface area contributed by atoms with E-state index in [0.29, 0.717) is 17.3 Å². The van der Waals surface area contributed by atoms with Crippen LogP contribution in [-0.4, -0.2) is 49.4 Å². The van der Waals surface area contributed by atoms with Crippen LogP contribution in [0.15, 0.2) is 48.5 Å². The summed E-state index contributed by atoms with van der Waals surface area (Å²) < 4.78 is 37.8. The molecule has 4 rings (SSSR count). The molecule has 0 aromatic heterocycles. The van der Waals surface area contributed by atoms with Gasteiger partial charge in [-0.2, -0.15) is 0 Å². The summed E-state index contributed by atoms with van der Waals surface area (Å²) in [5, 5.41) is 0.553. The normalized spacial score (nSPS) is 24.8. The number of halogens is 2. The Bertz CT molecular complexity index is 963. The molecule has 27 heavy (non-hydrogen) atoms. The second-order valence-corrected chi connectivity index (χ2v) is 9.57. The van der Waals surface area contributed by atoms with Gasteiger partial charge in [0.05, 0.1) is 24.1 Å². The van der Waals surface area contributed by atoms with Crippen LogP contribution in [0.1, 0.15) is 5.56 Å². The molecule has 2 aliphatic heterocycles. The van der Waals surface area contributed by atoms with Gasteiger partial charge in [0.2, 0.25) is 5.91 Å². The van der Waals surface area contributed by atoms with Crippen molar-refractivity contribution in [1.82, 2.24) is 4.90 Å². The predicted octanol–water partition coefficient (Wildman–Crippen LogP) is 2.49. The standard InChI is InChI=1S/C19H18ClFN2O3S/c20-14-3-7-16(8-4-14)23-18-12-27(25,26)11-17(18)22(10-19(23)24)9-13-1-5-15(21)6-2-13/h1-8,17-18H,9-12H2/t17-,18+/m0/s1. The summed E-state index contributed by atoms with van der Waals surface area (Å²) in [6.07, 6.45) is 0. The minimum absolute atomic E-state index is 0.0101. The van der Waals surface area contributed by atoms with Crippen LogP contribution >= 0.6 is 11.6 Å². The number of sulfone groups is 1. The van der Waals surface area contributed by atoms with E-state index in [4.69, 9.17) is 11.6 Å². The maximum atomic E-state index is 13.1. The number of anilines is 1. The van der Waals surface area contributed by atoms with Crippen LogP contribution in [0.25, 0.3) is 0 Å². The lowest BCUT2D eigenvalue weighted by molar-refractivity contribution is -0.123. The first-order chi connectivity index (χ1) is 12.8. The number of benzene rings is 2. The third kappa shape index (κ3) is 3.72. The van der Waals surface area contributed by atoms with Gasteiger partial charge in [-0.15, -0.1) is 0 Å². The molecule has 2 aromatic rings. The Hall–Kier alpha value is -1.96. The van der Waals surface area contributed by atoms with Crippen molar-refractivity contribution in [2.75, 3.05) is 23.0 Å². The average Bonchev–Trinajstić information content (AvgIpc) is 2.93. The van der Waals surface area contributed by atoms with Crippen molar-refractivity contribution in [3.8, 4) is 0 Å². The fourth-order valence-corrected chi connectivity index (χ4v) is 6.00. The monoisotopic (exact) mass is 408 g/mol. The van der Waals surface area contributed by atoms with Gasteiger partial charge in [-0.05, 0) is 42.0 Å². The van der Waals surface area contributed by atoms with Crippen LogP contribution in [0.4, 0.5) is 10.1 Å². The number of fused-ring (bicyclic) bond motifs is 1. The lowest BCUT2D eigenvalue weighted by atomic mass is 10.0. The molecule has 0 bridgehead atoms. The van der Waals surface area contributed by atoms with E-state index >= 15 is 0 Å². The number of hydrogen-bond acceptors (Lipinski definition) is 4. The molecular formula is C19H18ClFN2O3S. The molecule has 5 nitrogen and oxygen atoms in total. The summed E-state index contributed by atoms with van der Waals surface area (Å²) in [6, 6.07) is 12.1. The second-order valence-electron chi connectivity index (χ2n) is 6.98. The Balaban J connectivity index is 1.65. The highest BCUT2D eigenvalue weighted by atomic mass is 35.5. The Kier molecular flexibility index (Phi) is 4.70. The van der Waals surface area contributed by atoms with Gasteiger partial charge in [0.25, 0.3) is 0 Å². The summed E-state index contributed by atoms with van der Waals surface area (Å²) in [5.74, 6) is -0.538. The van der Waals surface area contributed by atoms with Crippen molar-refractivity contribution in [1.29, 1.82) is 0 Å². The van der Waals surface area contributed by atoms with Crippen molar-refractivity contribution in [2.24, 2.45) is 0 Å². The zero-order chi connectivity index (χ0) is 19.2. The molecule has 2 fully saturated rings. The van der Waals surface area contributed by atoms with Crippen molar-refractivity contribution in [3.05, 3.63) is 64.9 Å². The van der Waals surface area contributed by atoms with E-state index in [1.54, 1.807) is 41.3 Å². The van der Waals surface area contributed by atoms with E-state index in [2.05, 4.69) is 0 Å². The zero-order valence-electron chi connectivity index (χ0n) is 14.4. The lowest BCUT2D eigenvalue weighted by Crippen LogP contribution is -2.61. The van der Waals surface area contributed by atoms with Crippen LogP contribution in [0.5, 0.6) is 0 Å². The van der Waals surface area contributed by atoms with Gasteiger partial charge in [0.1, 0.15) is 5.82 Å². The van der Waals surface area contributed by atoms with Gasteiger partial charge in [-0.25, -0.2) is 12.8 Å². The molecule has 2 aromatic carbocycles. The number of carbonyl (C=O) groups excluding carboxylic acids is 1. The van der Waals surface area contributed by atoms with Crippen LogP contribution in [0.3, 0.4) is 0 Å². The third-order valence-corrected chi connectivity index (χ3v) is 7.06. The molecule has 0 aliphatic carbocycles. The molecule has 1 amide bonds. The molecule has 8 heteroatoms. The molecule has 2 aliphatic rings. The highest BCUT2D eigenvalue weighted by Crippen LogP contribution is 2.33. The smallest absolute Gasteiger partial charge is 0.241 e. The maximum Gasteiger partial charge on any atom is 0.241 e. The maximum absolute atomic E-state index is 13.1. The lowest BCUT2D eigenvalue weighted by Gasteiger charge is -2.43. The molecule has 0 saturated carbocycles. The topological polar surface area (TPSA) is 57.7 Å². The SMILES string of the molecule is O=C1CN(Cc2ccc(F)cc2)[C@H]2CS(=O)(=O)C[C@H]2N1c1ccc(Cl)cc1. The van der Waals surface area contributed by atoms with E-state index < -0.39 is 15.9 Å². The Morgan fingerprint density at radius 3 is 2.30 bits per heavy atom. The van der Waals surface area contributed by atoms with Gasteiger partial charge in [-0.3, -0.25) is 9.69 Å². The zero-order valence-corrected chi connectivity index (χ0v) is 16.0.